The third-order valence-electron chi connectivity index (χ3n) is 3.13. The highest BCUT2D eigenvalue weighted by molar-refractivity contribution is 5.71. The SMILES string of the molecule is C/C(=C\CC/C(C)=C/C[NH2+][C@@H](CCC(=O)[O-])C(=O)[O-])CO. The largest absolute Gasteiger partial charge is 0.550 e. The summed E-state index contributed by atoms with van der Waals surface area (Å²) >= 11 is 0. The molecule has 0 spiro atoms. The van der Waals surface area contributed by atoms with E-state index in [-0.39, 0.29) is 19.4 Å². The minimum Gasteiger partial charge on any atom is -0.550 e. The second kappa shape index (κ2) is 11.0. The van der Waals surface area contributed by atoms with Crippen LogP contribution in [0.1, 0.15) is 39.5 Å². The van der Waals surface area contributed by atoms with Crippen LogP contribution in [0.5, 0.6) is 0 Å². The Morgan fingerprint density at radius 1 is 1.14 bits per heavy atom. The van der Waals surface area contributed by atoms with Crippen molar-refractivity contribution in [3.05, 3.63) is 23.3 Å². The quantitative estimate of drug-likeness (QED) is 0.422. The molecule has 0 aromatic heterocycles. The third-order valence-corrected chi connectivity index (χ3v) is 3.13. The normalized spacial score (nSPS) is 14.0. The van der Waals surface area contributed by atoms with Gasteiger partial charge in [-0.15, -0.1) is 0 Å². The second-order valence-corrected chi connectivity index (χ2v) is 5.11. The molecule has 6 nitrogen and oxygen atoms in total. The molecule has 0 aliphatic rings. The molecule has 120 valence electrons. The van der Waals surface area contributed by atoms with Crippen molar-refractivity contribution in [2.75, 3.05) is 13.2 Å². The summed E-state index contributed by atoms with van der Waals surface area (Å²) in [6.45, 7) is 4.32. The van der Waals surface area contributed by atoms with E-state index in [0.29, 0.717) is 6.54 Å². The number of carboxylic acids is 2. The number of allylic oxidation sites excluding steroid dienone is 2. The molecule has 0 saturated heterocycles. The number of hydrogen-bond donors (Lipinski definition) is 2. The van der Waals surface area contributed by atoms with Gasteiger partial charge in [0, 0.05) is 12.4 Å². The molecule has 0 amide bonds. The Labute approximate surface area is 125 Å². The molecule has 0 fully saturated rings. The van der Waals surface area contributed by atoms with E-state index in [1.165, 1.54) is 0 Å². The first-order chi connectivity index (χ1) is 9.86. The second-order valence-electron chi connectivity index (χ2n) is 5.11. The molecule has 0 aromatic rings. The lowest BCUT2D eigenvalue weighted by Crippen LogP contribution is -2.92. The molecule has 0 saturated carbocycles. The van der Waals surface area contributed by atoms with E-state index in [1.54, 1.807) is 5.32 Å². The van der Waals surface area contributed by atoms with E-state index >= 15 is 0 Å². The van der Waals surface area contributed by atoms with E-state index in [9.17, 15) is 19.8 Å². The lowest BCUT2D eigenvalue weighted by Gasteiger charge is -2.16. The molecule has 0 radical (unpaired) electrons. The zero-order valence-electron chi connectivity index (χ0n) is 12.6. The van der Waals surface area contributed by atoms with Crippen LogP contribution >= 0.6 is 0 Å². The first kappa shape index (κ1) is 19.3. The van der Waals surface area contributed by atoms with Gasteiger partial charge >= 0.3 is 0 Å². The summed E-state index contributed by atoms with van der Waals surface area (Å²) in [5, 5.41) is 31.6. The van der Waals surface area contributed by atoms with E-state index < -0.39 is 18.0 Å². The Bertz CT molecular complexity index is 401. The first-order valence-corrected chi connectivity index (χ1v) is 7.03. The Hall–Kier alpha value is -1.66. The number of quaternary nitrogens is 1. The van der Waals surface area contributed by atoms with Crippen molar-refractivity contribution >= 4 is 11.9 Å². The predicted molar refractivity (Wildman–Crippen MR) is 73.7 cm³/mol. The molecule has 0 unspecified atom stereocenters. The van der Waals surface area contributed by atoms with Gasteiger partial charge in [0.25, 0.3) is 0 Å². The first-order valence-electron chi connectivity index (χ1n) is 7.03. The maximum absolute atomic E-state index is 10.9. The van der Waals surface area contributed by atoms with Crippen molar-refractivity contribution < 1.29 is 30.2 Å². The van der Waals surface area contributed by atoms with Crippen LogP contribution in [0.4, 0.5) is 0 Å². The third kappa shape index (κ3) is 10.8. The van der Waals surface area contributed by atoms with Crippen LogP contribution in [0.25, 0.3) is 0 Å². The zero-order chi connectivity index (χ0) is 16.3. The molecule has 1 atom stereocenters. The Morgan fingerprint density at radius 2 is 1.81 bits per heavy atom. The summed E-state index contributed by atoms with van der Waals surface area (Å²) in [5.41, 5.74) is 2.04. The predicted octanol–water partition coefficient (Wildman–Crippen LogP) is -2.14. The minimum absolute atomic E-state index is 0.00398. The Morgan fingerprint density at radius 3 is 2.33 bits per heavy atom. The number of aliphatic hydroxyl groups is 1. The minimum atomic E-state index is -1.26. The number of carbonyl (C=O) groups excluding carboxylic acids is 2. The number of aliphatic carboxylic acids is 2. The fourth-order valence-electron chi connectivity index (χ4n) is 1.75. The number of carbonyl (C=O) groups is 2. The van der Waals surface area contributed by atoms with Gasteiger partial charge in [-0.1, -0.05) is 17.2 Å². The summed E-state index contributed by atoms with van der Waals surface area (Å²) in [4.78, 5) is 21.2. The summed E-state index contributed by atoms with van der Waals surface area (Å²) in [6, 6.07) is -0.872. The molecule has 0 aliphatic heterocycles. The maximum atomic E-state index is 10.9. The van der Waals surface area contributed by atoms with Gasteiger partial charge in [0.2, 0.25) is 0 Å². The van der Waals surface area contributed by atoms with Gasteiger partial charge in [0.05, 0.1) is 19.1 Å². The van der Waals surface area contributed by atoms with E-state index in [0.717, 1.165) is 24.0 Å². The van der Waals surface area contributed by atoms with Crippen LogP contribution in [-0.4, -0.2) is 36.2 Å². The molecule has 0 rings (SSSR count). The van der Waals surface area contributed by atoms with E-state index in [1.807, 2.05) is 26.0 Å². The van der Waals surface area contributed by atoms with Gasteiger partial charge in [0.1, 0.15) is 6.04 Å². The van der Waals surface area contributed by atoms with Crippen LogP contribution in [0.3, 0.4) is 0 Å². The van der Waals surface area contributed by atoms with Crippen molar-refractivity contribution in [3.63, 3.8) is 0 Å². The molecule has 6 heteroatoms. The number of carboxylic acid groups (broad SMARTS) is 2. The van der Waals surface area contributed by atoms with Gasteiger partial charge in [-0.2, -0.15) is 0 Å². The zero-order valence-corrected chi connectivity index (χ0v) is 12.6. The topological polar surface area (TPSA) is 117 Å². The highest BCUT2D eigenvalue weighted by Gasteiger charge is 2.11. The molecule has 21 heavy (non-hydrogen) atoms. The monoisotopic (exact) mass is 298 g/mol. The molecule has 0 aromatic carbocycles. The lowest BCUT2D eigenvalue weighted by atomic mass is 10.1. The molecular weight excluding hydrogens is 274 g/mol. The van der Waals surface area contributed by atoms with Crippen molar-refractivity contribution in [1.82, 2.24) is 0 Å². The van der Waals surface area contributed by atoms with Crippen molar-refractivity contribution in [2.45, 2.75) is 45.6 Å². The van der Waals surface area contributed by atoms with Crippen LogP contribution in [0, 0.1) is 0 Å². The van der Waals surface area contributed by atoms with Crippen molar-refractivity contribution in [2.24, 2.45) is 0 Å². The van der Waals surface area contributed by atoms with Crippen molar-refractivity contribution in [1.29, 1.82) is 0 Å². The Balaban J connectivity index is 4.13. The average Bonchev–Trinajstić information content (AvgIpc) is 2.41. The van der Waals surface area contributed by atoms with Crippen molar-refractivity contribution in [3.8, 4) is 0 Å². The number of rotatable bonds is 11. The van der Waals surface area contributed by atoms with Gasteiger partial charge in [-0.25, -0.2) is 0 Å². The molecule has 0 heterocycles. The highest BCUT2D eigenvalue weighted by Crippen LogP contribution is 2.05. The Kier molecular flexibility index (Phi) is 10.2. The fraction of sp³-hybridized carbons (Fsp3) is 0.600. The van der Waals surface area contributed by atoms with Gasteiger partial charge in [-0.3, -0.25) is 0 Å². The average molecular weight is 298 g/mol. The highest BCUT2D eigenvalue weighted by atomic mass is 16.4. The smallest absolute Gasteiger partial charge is 0.127 e. The summed E-state index contributed by atoms with van der Waals surface area (Å²) in [7, 11) is 0. The van der Waals surface area contributed by atoms with Crippen LogP contribution in [-0.2, 0) is 9.59 Å². The standard InChI is InChI=1S/C15H25NO5/c1-11(4-3-5-12(2)10-17)8-9-16-13(15(20)21)6-7-14(18)19/h5,8,13,16-17H,3-4,6-7,9-10H2,1-2H3,(H,18,19)(H,20,21)/p-1/b11-8+,12-5+/t13-/m0/s1. The maximum Gasteiger partial charge on any atom is 0.127 e. The lowest BCUT2D eigenvalue weighted by molar-refractivity contribution is -0.676. The van der Waals surface area contributed by atoms with E-state index in [4.69, 9.17) is 5.11 Å². The molecule has 3 N–H and O–H groups in total. The summed E-state index contributed by atoms with van der Waals surface area (Å²) in [5.74, 6) is -2.52. The van der Waals surface area contributed by atoms with Gasteiger partial charge in [-0.05, 0) is 39.2 Å². The summed E-state index contributed by atoms with van der Waals surface area (Å²) < 4.78 is 0. The number of aliphatic hydroxyl groups excluding tert-OH is 1. The number of nitrogens with two attached hydrogens (primary N) is 1. The van der Waals surface area contributed by atoms with Gasteiger partial charge < -0.3 is 30.2 Å². The molecular formula is C15H24NO5-. The molecule has 0 bridgehead atoms. The fourth-order valence-corrected chi connectivity index (χ4v) is 1.75. The summed E-state index contributed by atoms with van der Waals surface area (Å²) in [6.07, 6.45) is 5.24. The van der Waals surface area contributed by atoms with Crippen LogP contribution in [0.15, 0.2) is 23.3 Å². The number of hydrogen-bond acceptors (Lipinski definition) is 5. The van der Waals surface area contributed by atoms with Crippen LogP contribution in [0.2, 0.25) is 0 Å². The van der Waals surface area contributed by atoms with E-state index in [2.05, 4.69) is 0 Å². The molecule has 0 aliphatic carbocycles. The van der Waals surface area contributed by atoms with Gasteiger partial charge in [0.15, 0.2) is 0 Å². The van der Waals surface area contributed by atoms with Crippen LogP contribution < -0.4 is 15.5 Å².